The molecule has 0 radical (unpaired) electrons. The molecule has 5 unspecified atom stereocenters. The van der Waals surface area contributed by atoms with Crippen molar-refractivity contribution >= 4 is 42.2 Å². The van der Waals surface area contributed by atoms with Crippen LogP contribution in [0.4, 0.5) is 0 Å². The zero-order valence-corrected chi connectivity index (χ0v) is 21.2. The molecule has 0 saturated heterocycles. The molecule has 1 aromatic carbocycles. The number of amides is 4. The summed E-state index contributed by atoms with van der Waals surface area (Å²) in [5, 5.41) is 26.1. The SMILES string of the molecule is CCC(C)C(N)C(=O)NC(CCC(N)=O)C(=O)NC(Cc1ccc(O)cc1)C(=O)NC(CS)C(=O)O. The Morgan fingerprint density at radius 1 is 0.944 bits per heavy atom. The van der Waals surface area contributed by atoms with Gasteiger partial charge in [0.25, 0.3) is 0 Å². The summed E-state index contributed by atoms with van der Waals surface area (Å²) in [5.74, 6) is -4.54. The van der Waals surface area contributed by atoms with Crippen LogP contribution in [0, 0.1) is 5.92 Å². The highest BCUT2D eigenvalue weighted by Crippen LogP contribution is 2.12. The van der Waals surface area contributed by atoms with E-state index in [0.717, 1.165) is 0 Å². The van der Waals surface area contributed by atoms with Gasteiger partial charge >= 0.3 is 5.97 Å². The van der Waals surface area contributed by atoms with Gasteiger partial charge in [-0.05, 0) is 30.0 Å². The van der Waals surface area contributed by atoms with Crippen LogP contribution in [0.3, 0.4) is 0 Å². The Bertz CT molecular complexity index is 928. The number of phenolic OH excluding ortho intramolecular Hbond substituents is 1. The number of aliphatic carboxylic acids is 1. The average molecular weight is 526 g/mol. The normalized spacial score (nSPS) is 15.0. The molecule has 0 aromatic heterocycles. The molecule has 0 aliphatic carbocycles. The lowest BCUT2D eigenvalue weighted by Gasteiger charge is -2.26. The van der Waals surface area contributed by atoms with Crippen molar-refractivity contribution in [3.8, 4) is 5.75 Å². The molecule has 1 aromatic rings. The summed E-state index contributed by atoms with van der Waals surface area (Å²) < 4.78 is 0. The maximum absolute atomic E-state index is 13.1. The number of nitrogens with one attached hydrogen (secondary N) is 3. The molecule has 36 heavy (non-hydrogen) atoms. The van der Waals surface area contributed by atoms with Crippen molar-refractivity contribution in [2.45, 2.75) is 63.7 Å². The number of thiol groups is 1. The van der Waals surface area contributed by atoms with Crippen molar-refractivity contribution in [1.82, 2.24) is 16.0 Å². The second-order valence-electron chi connectivity index (χ2n) is 8.49. The maximum atomic E-state index is 13.1. The third-order valence-corrected chi connectivity index (χ3v) is 6.04. The van der Waals surface area contributed by atoms with Crippen LogP contribution >= 0.6 is 12.6 Å². The lowest BCUT2D eigenvalue weighted by Crippen LogP contribution is -2.58. The van der Waals surface area contributed by atoms with Crippen molar-refractivity contribution in [3.63, 3.8) is 0 Å². The van der Waals surface area contributed by atoms with Crippen LogP contribution in [0.1, 0.15) is 38.7 Å². The summed E-state index contributed by atoms with van der Waals surface area (Å²) in [6.07, 6.45) is 0.214. The third-order valence-electron chi connectivity index (χ3n) is 5.68. The van der Waals surface area contributed by atoms with E-state index in [2.05, 4.69) is 28.6 Å². The summed E-state index contributed by atoms with van der Waals surface area (Å²) in [6, 6.07) is 1.17. The van der Waals surface area contributed by atoms with E-state index in [9.17, 15) is 34.2 Å². The van der Waals surface area contributed by atoms with Crippen molar-refractivity contribution < 1.29 is 34.2 Å². The quantitative estimate of drug-likeness (QED) is 0.133. The first-order valence-corrected chi connectivity index (χ1v) is 12.1. The number of carbonyl (C=O) groups is 5. The van der Waals surface area contributed by atoms with Gasteiger partial charge in [0.2, 0.25) is 23.6 Å². The van der Waals surface area contributed by atoms with E-state index in [-0.39, 0.29) is 36.7 Å². The minimum Gasteiger partial charge on any atom is -0.508 e. The lowest BCUT2D eigenvalue weighted by atomic mass is 9.98. The number of carboxylic acids is 1. The molecule has 0 fully saturated rings. The fraction of sp³-hybridized carbons (Fsp3) is 0.522. The molecule has 4 amide bonds. The molecule has 12 nitrogen and oxygen atoms in total. The topological polar surface area (TPSA) is 214 Å². The summed E-state index contributed by atoms with van der Waals surface area (Å²) in [7, 11) is 0. The number of hydrogen-bond donors (Lipinski definition) is 8. The van der Waals surface area contributed by atoms with E-state index in [1.807, 2.05) is 6.92 Å². The van der Waals surface area contributed by atoms with E-state index < -0.39 is 53.8 Å². The van der Waals surface area contributed by atoms with Crippen molar-refractivity contribution in [1.29, 1.82) is 0 Å². The van der Waals surface area contributed by atoms with Crippen LogP contribution in [-0.4, -0.2) is 69.7 Å². The number of benzene rings is 1. The first-order valence-electron chi connectivity index (χ1n) is 11.5. The Labute approximate surface area is 215 Å². The van der Waals surface area contributed by atoms with Crippen molar-refractivity contribution in [2.75, 3.05) is 5.75 Å². The van der Waals surface area contributed by atoms with E-state index in [1.54, 1.807) is 6.92 Å². The molecule has 0 bridgehead atoms. The second kappa shape index (κ2) is 14.9. The molecule has 5 atom stereocenters. The van der Waals surface area contributed by atoms with Crippen LogP contribution in [0.15, 0.2) is 24.3 Å². The molecule has 0 aliphatic rings. The highest BCUT2D eigenvalue weighted by Gasteiger charge is 2.31. The number of carbonyl (C=O) groups excluding carboxylic acids is 4. The summed E-state index contributed by atoms with van der Waals surface area (Å²) in [4.78, 5) is 61.3. The Balaban J connectivity index is 3.15. The van der Waals surface area contributed by atoms with Crippen molar-refractivity contribution in [3.05, 3.63) is 29.8 Å². The molecule has 13 heteroatoms. The molecular formula is C23H35N5O7S. The first-order chi connectivity index (χ1) is 16.9. The first kappa shape index (κ1) is 30.7. The smallest absolute Gasteiger partial charge is 0.327 e. The van der Waals surface area contributed by atoms with Gasteiger partial charge in [0.1, 0.15) is 23.9 Å². The highest BCUT2D eigenvalue weighted by molar-refractivity contribution is 7.80. The minimum absolute atomic E-state index is 0.00308. The zero-order chi connectivity index (χ0) is 27.4. The van der Waals surface area contributed by atoms with Gasteiger partial charge in [-0.2, -0.15) is 12.6 Å². The fourth-order valence-electron chi connectivity index (χ4n) is 3.14. The second-order valence-corrected chi connectivity index (χ2v) is 8.86. The molecular weight excluding hydrogens is 490 g/mol. The van der Waals surface area contributed by atoms with Gasteiger partial charge in [0.15, 0.2) is 0 Å². The van der Waals surface area contributed by atoms with Gasteiger partial charge in [0.05, 0.1) is 6.04 Å². The Morgan fingerprint density at radius 3 is 1.97 bits per heavy atom. The van der Waals surface area contributed by atoms with Gasteiger partial charge in [-0.1, -0.05) is 32.4 Å². The predicted octanol–water partition coefficient (Wildman–Crippen LogP) is -0.958. The lowest BCUT2D eigenvalue weighted by molar-refractivity contribution is -0.141. The fourth-order valence-corrected chi connectivity index (χ4v) is 3.39. The van der Waals surface area contributed by atoms with Gasteiger partial charge in [-0.25, -0.2) is 4.79 Å². The maximum Gasteiger partial charge on any atom is 0.327 e. The number of phenols is 1. The van der Waals surface area contributed by atoms with Gasteiger partial charge in [0, 0.05) is 18.6 Å². The van der Waals surface area contributed by atoms with E-state index in [4.69, 9.17) is 11.5 Å². The third kappa shape index (κ3) is 10.1. The van der Waals surface area contributed by atoms with Gasteiger partial charge in [-0.3, -0.25) is 19.2 Å². The standard InChI is InChI=1S/C23H35N5O7S/c1-3-12(2)19(25)22(33)26-15(8-9-18(24)30)20(31)27-16(10-13-4-6-14(29)7-5-13)21(32)28-17(11-36)23(34)35/h4-7,12,15-17,19,29,36H,3,8-11,25H2,1-2H3,(H2,24,30)(H,26,33)(H,27,31)(H,28,32)(H,34,35). The van der Waals surface area contributed by atoms with Crippen LogP contribution in [0.2, 0.25) is 0 Å². The van der Waals surface area contributed by atoms with Crippen molar-refractivity contribution in [2.24, 2.45) is 17.4 Å². The molecule has 9 N–H and O–H groups in total. The molecule has 200 valence electrons. The van der Waals surface area contributed by atoms with E-state index in [0.29, 0.717) is 12.0 Å². The number of rotatable bonds is 15. The van der Waals surface area contributed by atoms with E-state index in [1.165, 1.54) is 24.3 Å². The molecule has 0 aliphatic heterocycles. The Kier molecular flexibility index (Phi) is 12.7. The average Bonchev–Trinajstić information content (AvgIpc) is 2.83. The summed E-state index contributed by atoms with van der Waals surface area (Å²) in [5.41, 5.74) is 11.7. The largest absolute Gasteiger partial charge is 0.508 e. The van der Waals surface area contributed by atoms with Gasteiger partial charge in [-0.15, -0.1) is 0 Å². The number of hydrogen-bond acceptors (Lipinski definition) is 8. The number of aromatic hydroxyl groups is 1. The van der Waals surface area contributed by atoms with E-state index >= 15 is 0 Å². The zero-order valence-electron chi connectivity index (χ0n) is 20.3. The molecule has 0 spiro atoms. The molecule has 0 saturated carbocycles. The summed E-state index contributed by atoms with van der Waals surface area (Å²) >= 11 is 3.93. The van der Waals surface area contributed by atoms with Crippen LogP contribution in [-0.2, 0) is 30.4 Å². The minimum atomic E-state index is -1.31. The predicted molar refractivity (Wildman–Crippen MR) is 135 cm³/mol. The number of carboxylic acid groups (broad SMARTS) is 1. The number of nitrogens with two attached hydrogens (primary N) is 2. The van der Waals surface area contributed by atoms with Crippen LogP contribution in [0.5, 0.6) is 5.75 Å². The van der Waals surface area contributed by atoms with Gasteiger partial charge < -0.3 is 37.6 Å². The summed E-state index contributed by atoms with van der Waals surface area (Å²) in [6.45, 7) is 3.64. The molecule has 0 heterocycles. The Hall–Kier alpha value is -3.32. The number of primary amides is 1. The van der Waals surface area contributed by atoms with Crippen LogP contribution in [0.25, 0.3) is 0 Å². The monoisotopic (exact) mass is 525 g/mol. The van der Waals surface area contributed by atoms with Crippen LogP contribution < -0.4 is 27.4 Å². The highest BCUT2D eigenvalue weighted by atomic mass is 32.1. The molecule has 1 rings (SSSR count). The Morgan fingerprint density at radius 2 is 1.47 bits per heavy atom.